The first-order valence-corrected chi connectivity index (χ1v) is 8.60. The normalized spacial score (nSPS) is 11.4. The van der Waals surface area contributed by atoms with Gasteiger partial charge in [-0.3, -0.25) is 4.72 Å². The van der Waals surface area contributed by atoms with E-state index in [4.69, 9.17) is 0 Å². The minimum absolute atomic E-state index is 0.374. The first-order chi connectivity index (χ1) is 9.28. The second kappa shape index (κ2) is 5.83. The largest absolute Gasteiger partial charge is 0.279 e. The zero-order valence-corrected chi connectivity index (χ0v) is 14.3. The lowest BCUT2D eigenvalue weighted by molar-refractivity contribution is 0.570. The van der Waals surface area contributed by atoms with Crippen LogP contribution in [0.3, 0.4) is 0 Å². The lowest BCUT2D eigenvalue weighted by Gasteiger charge is -2.10. The van der Waals surface area contributed by atoms with Crippen LogP contribution in [0.2, 0.25) is 0 Å². The fourth-order valence-corrected chi connectivity index (χ4v) is 3.74. The molecule has 0 saturated carbocycles. The highest BCUT2D eigenvalue weighted by Crippen LogP contribution is 2.24. The van der Waals surface area contributed by atoms with Crippen LogP contribution in [0.15, 0.2) is 50.2 Å². The van der Waals surface area contributed by atoms with E-state index in [1.807, 2.05) is 13.0 Å². The number of nitrogens with one attached hydrogen (secondary N) is 1. The number of anilines is 1. The van der Waals surface area contributed by atoms with E-state index >= 15 is 0 Å². The molecule has 3 nitrogen and oxygen atoms in total. The second-order valence-corrected chi connectivity index (χ2v) is 7.68. The lowest BCUT2D eigenvalue weighted by Crippen LogP contribution is -2.14. The summed E-state index contributed by atoms with van der Waals surface area (Å²) in [7, 11) is -3.96. The molecule has 0 amide bonds. The van der Waals surface area contributed by atoms with Crippen LogP contribution in [0, 0.1) is 12.7 Å². The molecule has 0 aliphatic heterocycles. The van der Waals surface area contributed by atoms with Gasteiger partial charge in [0, 0.05) is 8.95 Å². The zero-order chi connectivity index (χ0) is 14.9. The summed E-state index contributed by atoms with van der Waals surface area (Å²) in [5.41, 5.74) is 1.26. The number of hydrogen-bond acceptors (Lipinski definition) is 2. The molecule has 0 aromatic heterocycles. The SMILES string of the molecule is Cc1cc(Br)cc(NS(=O)(=O)c2ccc(Br)cc2F)c1. The molecule has 1 N–H and O–H groups in total. The van der Waals surface area contributed by atoms with E-state index in [2.05, 4.69) is 36.6 Å². The highest BCUT2D eigenvalue weighted by molar-refractivity contribution is 9.10. The Morgan fingerprint density at radius 1 is 1.05 bits per heavy atom. The van der Waals surface area contributed by atoms with Gasteiger partial charge in [-0.2, -0.15) is 0 Å². The molecule has 7 heteroatoms. The van der Waals surface area contributed by atoms with Gasteiger partial charge in [-0.1, -0.05) is 31.9 Å². The third-order valence-electron chi connectivity index (χ3n) is 2.48. The van der Waals surface area contributed by atoms with Crippen molar-refractivity contribution < 1.29 is 12.8 Å². The van der Waals surface area contributed by atoms with Crippen LogP contribution >= 0.6 is 31.9 Å². The molecule has 2 aromatic carbocycles. The molecule has 2 aromatic rings. The highest BCUT2D eigenvalue weighted by Gasteiger charge is 2.19. The Bertz CT molecular complexity index is 743. The minimum Gasteiger partial charge on any atom is -0.279 e. The first kappa shape index (κ1) is 15.5. The van der Waals surface area contributed by atoms with Gasteiger partial charge in [-0.05, 0) is 48.9 Å². The number of rotatable bonds is 3. The van der Waals surface area contributed by atoms with E-state index in [0.717, 1.165) is 16.1 Å². The molecule has 106 valence electrons. The lowest BCUT2D eigenvalue weighted by atomic mass is 10.2. The molecule has 20 heavy (non-hydrogen) atoms. The van der Waals surface area contributed by atoms with Crippen molar-refractivity contribution in [1.29, 1.82) is 0 Å². The van der Waals surface area contributed by atoms with Crippen LogP contribution in [-0.2, 0) is 10.0 Å². The fraction of sp³-hybridized carbons (Fsp3) is 0.0769. The number of sulfonamides is 1. The van der Waals surface area contributed by atoms with Crippen molar-refractivity contribution >= 4 is 47.6 Å². The van der Waals surface area contributed by atoms with E-state index in [0.29, 0.717) is 10.2 Å². The summed E-state index contributed by atoms with van der Waals surface area (Å²) in [6, 6.07) is 8.93. The Hall–Kier alpha value is -0.920. The van der Waals surface area contributed by atoms with Gasteiger partial charge in [-0.25, -0.2) is 12.8 Å². The van der Waals surface area contributed by atoms with Crippen LogP contribution in [0.25, 0.3) is 0 Å². The smallest absolute Gasteiger partial charge is 0.264 e. The maximum atomic E-state index is 13.7. The third-order valence-corrected chi connectivity index (χ3v) is 4.84. The molecule has 2 rings (SSSR count). The maximum absolute atomic E-state index is 13.7. The van der Waals surface area contributed by atoms with Gasteiger partial charge in [0.05, 0.1) is 5.69 Å². The predicted molar refractivity (Wildman–Crippen MR) is 83.8 cm³/mol. The van der Waals surface area contributed by atoms with Crippen LogP contribution in [0.4, 0.5) is 10.1 Å². The average molecular weight is 423 g/mol. The quantitative estimate of drug-likeness (QED) is 0.793. The van der Waals surface area contributed by atoms with Crippen molar-refractivity contribution in [2.75, 3.05) is 4.72 Å². The Labute approximate surface area is 133 Å². The molecule has 0 unspecified atom stereocenters. The number of benzene rings is 2. The predicted octanol–water partition coefficient (Wildman–Crippen LogP) is 4.46. The molecule has 0 heterocycles. The molecular weight excluding hydrogens is 413 g/mol. The summed E-state index contributed by atoms with van der Waals surface area (Å²) in [6.07, 6.45) is 0. The fourth-order valence-electron chi connectivity index (χ4n) is 1.70. The van der Waals surface area contributed by atoms with E-state index in [1.165, 1.54) is 12.1 Å². The van der Waals surface area contributed by atoms with E-state index in [9.17, 15) is 12.8 Å². The van der Waals surface area contributed by atoms with Crippen LogP contribution < -0.4 is 4.72 Å². The standard InChI is InChI=1S/C13H10Br2FNO2S/c1-8-4-10(15)6-11(5-8)17-20(18,19)13-3-2-9(14)7-12(13)16/h2-7,17H,1H3. The van der Waals surface area contributed by atoms with Crippen LogP contribution in [0.5, 0.6) is 0 Å². The number of halogens is 3. The molecule has 0 aliphatic carbocycles. The maximum Gasteiger partial charge on any atom is 0.264 e. The molecule has 0 atom stereocenters. The topological polar surface area (TPSA) is 46.2 Å². The molecule has 0 radical (unpaired) electrons. The Morgan fingerprint density at radius 3 is 2.35 bits per heavy atom. The van der Waals surface area contributed by atoms with Crippen LogP contribution in [-0.4, -0.2) is 8.42 Å². The Balaban J connectivity index is 2.40. The monoisotopic (exact) mass is 421 g/mol. The van der Waals surface area contributed by atoms with Crippen molar-refractivity contribution in [2.24, 2.45) is 0 Å². The van der Waals surface area contributed by atoms with Gasteiger partial charge < -0.3 is 0 Å². The van der Waals surface area contributed by atoms with E-state index in [-0.39, 0.29) is 0 Å². The summed E-state index contributed by atoms with van der Waals surface area (Å²) in [5, 5.41) is 0. The average Bonchev–Trinajstić information content (AvgIpc) is 2.25. The highest BCUT2D eigenvalue weighted by atomic mass is 79.9. The molecule has 0 fully saturated rings. The summed E-state index contributed by atoms with van der Waals surface area (Å²) in [4.78, 5) is -0.390. The van der Waals surface area contributed by atoms with Crippen molar-refractivity contribution in [3.8, 4) is 0 Å². The number of hydrogen-bond donors (Lipinski definition) is 1. The van der Waals surface area contributed by atoms with Gasteiger partial charge in [0.2, 0.25) is 0 Å². The van der Waals surface area contributed by atoms with Crippen molar-refractivity contribution in [3.05, 3.63) is 56.7 Å². The number of aryl methyl sites for hydroxylation is 1. The summed E-state index contributed by atoms with van der Waals surface area (Å²) in [6.45, 7) is 1.84. The zero-order valence-electron chi connectivity index (χ0n) is 10.3. The van der Waals surface area contributed by atoms with Gasteiger partial charge in [0.25, 0.3) is 10.0 Å². The molecule has 0 bridgehead atoms. The first-order valence-electron chi connectivity index (χ1n) is 5.53. The van der Waals surface area contributed by atoms with Gasteiger partial charge in [-0.15, -0.1) is 0 Å². The molecule has 0 spiro atoms. The van der Waals surface area contributed by atoms with E-state index < -0.39 is 20.7 Å². The third kappa shape index (κ3) is 3.59. The van der Waals surface area contributed by atoms with Gasteiger partial charge in [0.1, 0.15) is 10.7 Å². The van der Waals surface area contributed by atoms with Crippen molar-refractivity contribution in [3.63, 3.8) is 0 Å². The van der Waals surface area contributed by atoms with E-state index in [1.54, 1.807) is 12.1 Å². The molecule has 0 aliphatic rings. The van der Waals surface area contributed by atoms with Gasteiger partial charge in [0.15, 0.2) is 0 Å². The van der Waals surface area contributed by atoms with Gasteiger partial charge >= 0.3 is 0 Å². The Kier molecular flexibility index (Phi) is 4.51. The Morgan fingerprint density at radius 2 is 1.75 bits per heavy atom. The second-order valence-electron chi connectivity index (χ2n) is 4.20. The summed E-state index contributed by atoms with van der Waals surface area (Å²) < 4.78 is 41.7. The summed E-state index contributed by atoms with van der Waals surface area (Å²) in [5.74, 6) is -0.807. The molecule has 0 saturated heterocycles. The molecular formula is C13H10Br2FNO2S. The van der Waals surface area contributed by atoms with Crippen molar-refractivity contribution in [1.82, 2.24) is 0 Å². The van der Waals surface area contributed by atoms with Crippen molar-refractivity contribution in [2.45, 2.75) is 11.8 Å². The summed E-state index contributed by atoms with van der Waals surface area (Å²) >= 11 is 6.37. The minimum atomic E-state index is -3.96. The van der Waals surface area contributed by atoms with Crippen LogP contribution in [0.1, 0.15) is 5.56 Å².